The van der Waals surface area contributed by atoms with Crippen molar-refractivity contribution in [2.75, 3.05) is 20.2 Å². The molecule has 2 aliphatic heterocycles. The monoisotopic (exact) mass is 755 g/mol. The number of hydrogen-bond acceptors (Lipinski definition) is 7. The van der Waals surface area contributed by atoms with Gasteiger partial charge in [0, 0.05) is 35.1 Å². The largest absolute Gasteiger partial charge is 0.497 e. The lowest BCUT2D eigenvalue weighted by Gasteiger charge is -2.35. The van der Waals surface area contributed by atoms with Crippen LogP contribution in [-0.2, 0) is 26.8 Å². The van der Waals surface area contributed by atoms with Gasteiger partial charge in [0.05, 0.1) is 59.8 Å². The second-order valence-corrected chi connectivity index (χ2v) is 18.8. The minimum absolute atomic E-state index is 0.0932. The van der Waals surface area contributed by atoms with E-state index in [1.165, 1.54) is 12.0 Å². The fourth-order valence-corrected chi connectivity index (χ4v) is 9.08. The molecule has 1 aliphatic carbocycles. The molecule has 1 saturated heterocycles. The molecule has 1 saturated carbocycles. The van der Waals surface area contributed by atoms with Gasteiger partial charge in [-0.05, 0) is 120 Å². The van der Waals surface area contributed by atoms with Crippen LogP contribution in [0.4, 0.5) is 0 Å². The normalized spacial score (nSPS) is 19.6. The maximum atomic E-state index is 14.5. The fraction of sp³-hybridized carbons (Fsp3) is 0.500. The summed E-state index contributed by atoms with van der Waals surface area (Å²) in [6.45, 7) is 14.7. The summed E-state index contributed by atoms with van der Waals surface area (Å²) < 4.78 is 43.8. The molecule has 288 valence electrons. The Morgan fingerprint density at radius 3 is 2.33 bits per heavy atom. The molecule has 2 aromatic heterocycles. The number of rotatable bonds is 7. The van der Waals surface area contributed by atoms with E-state index in [4.69, 9.17) is 14.6 Å². The van der Waals surface area contributed by atoms with Crippen molar-refractivity contribution in [2.24, 2.45) is 0 Å². The van der Waals surface area contributed by atoms with Crippen LogP contribution in [0.25, 0.3) is 33.8 Å². The number of sulfonamides is 1. The highest BCUT2D eigenvalue weighted by atomic mass is 32.2. The van der Waals surface area contributed by atoms with Crippen molar-refractivity contribution in [3.8, 4) is 17.0 Å². The van der Waals surface area contributed by atoms with Crippen molar-refractivity contribution in [3.63, 3.8) is 0 Å². The average molecular weight is 756 g/mol. The summed E-state index contributed by atoms with van der Waals surface area (Å²) in [7, 11) is -2.19. The molecule has 0 bridgehead atoms. The summed E-state index contributed by atoms with van der Waals surface area (Å²) in [6, 6.07) is 11.7. The van der Waals surface area contributed by atoms with Gasteiger partial charge in [0.25, 0.3) is 11.8 Å². The maximum Gasteiger partial charge on any atom is 0.264 e. The van der Waals surface area contributed by atoms with E-state index in [1.54, 1.807) is 33.2 Å². The Hall–Kier alpha value is -4.42. The first-order chi connectivity index (χ1) is 25.6. The molecule has 4 aromatic rings. The summed E-state index contributed by atoms with van der Waals surface area (Å²) >= 11 is 0. The zero-order chi connectivity index (χ0) is 38.7. The van der Waals surface area contributed by atoms with Gasteiger partial charge in [0.15, 0.2) is 0 Å². The Morgan fingerprint density at radius 1 is 0.981 bits per heavy atom. The summed E-state index contributed by atoms with van der Waals surface area (Å²) in [4.78, 5) is 30.0. The lowest BCUT2D eigenvalue weighted by molar-refractivity contribution is -0.0586. The lowest BCUT2D eigenvalue weighted by atomic mass is 9.81. The fourth-order valence-electron chi connectivity index (χ4n) is 8.47. The van der Waals surface area contributed by atoms with Crippen LogP contribution in [0.1, 0.15) is 124 Å². The van der Waals surface area contributed by atoms with Crippen molar-refractivity contribution in [1.82, 2.24) is 24.0 Å². The molecule has 2 aromatic carbocycles. The lowest BCUT2D eigenvalue weighted by Crippen LogP contribution is -2.48. The highest BCUT2D eigenvalue weighted by molar-refractivity contribution is 7.90. The minimum Gasteiger partial charge on any atom is -0.497 e. The second kappa shape index (κ2) is 14.3. The molecular formula is C42H53N5O6S. The number of fused-ring (bicyclic) bond motifs is 5. The first kappa shape index (κ1) is 37.9. The van der Waals surface area contributed by atoms with Crippen molar-refractivity contribution >= 4 is 44.4 Å². The van der Waals surface area contributed by atoms with Crippen LogP contribution < -0.4 is 9.46 Å². The molecule has 7 rings (SSSR count). The Labute approximate surface area is 318 Å². The van der Waals surface area contributed by atoms with E-state index in [0.29, 0.717) is 31.1 Å². The first-order valence-corrected chi connectivity index (χ1v) is 20.8. The number of benzene rings is 2. The van der Waals surface area contributed by atoms with Crippen LogP contribution in [0.15, 0.2) is 42.6 Å². The Balaban J connectivity index is 1.48. The Bertz CT molecular complexity index is 2240. The molecule has 4 heterocycles. The number of hydrogen-bond donors (Lipinski definition) is 1. The summed E-state index contributed by atoms with van der Waals surface area (Å²) in [5.41, 5.74) is 7.07. The highest BCUT2D eigenvalue weighted by Crippen LogP contribution is 2.48. The van der Waals surface area contributed by atoms with Gasteiger partial charge in [-0.25, -0.2) is 13.1 Å². The van der Waals surface area contributed by atoms with Gasteiger partial charge in [-0.3, -0.25) is 14.3 Å². The van der Waals surface area contributed by atoms with Gasteiger partial charge in [-0.2, -0.15) is 5.10 Å². The number of allylic oxidation sites excluding steroid dienone is 1. The third-order valence-electron chi connectivity index (χ3n) is 11.1. The number of nitrogens with zero attached hydrogens (tertiary/aromatic N) is 4. The van der Waals surface area contributed by atoms with Crippen LogP contribution in [0.3, 0.4) is 0 Å². The molecule has 12 heteroatoms. The third kappa shape index (κ3) is 6.98. The number of nitrogens with one attached hydrogen (secondary N) is 1. The maximum absolute atomic E-state index is 14.5. The first-order valence-electron chi connectivity index (χ1n) is 19.2. The predicted octanol–water partition coefficient (Wildman–Crippen LogP) is 7.59. The van der Waals surface area contributed by atoms with Crippen molar-refractivity contribution in [2.45, 2.75) is 116 Å². The van der Waals surface area contributed by atoms with Gasteiger partial charge in [-0.15, -0.1) is 0 Å². The second-order valence-electron chi connectivity index (χ2n) is 16.5. The predicted molar refractivity (Wildman–Crippen MR) is 212 cm³/mol. The number of carbonyl (C=O) groups excluding carboxylic acids is 2. The van der Waals surface area contributed by atoms with Gasteiger partial charge in [-0.1, -0.05) is 25.3 Å². The molecule has 1 N–H and O–H groups in total. The van der Waals surface area contributed by atoms with Crippen molar-refractivity contribution in [3.05, 3.63) is 70.5 Å². The molecule has 3 aliphatic rings. The summed E-state index contributed by atoms with van der Waals surface area (Å²) in [6.07, 6.45) is 9.26. The number of morpholine rings is 1. The summed E-state index contributed by atoms with van der Waals surface area (Å²) in [5, 5.41) is 5.15. The quantitative estimate of drug-likeness (QED) is 0.206. The van der Waals surface area contributed by atoms with E-state index in [2.05, 4.69) is 42.2 Å². The van der Waals surface area contributed by atoms with E-state index in [0.717, 1.165) is 70.4 Å². The number of ether oxygens (including phenoxy) is 2. The molecule has 0 spiro atoms. The highest BCUT2D eigenvalue weighted by Gasteiger charge is 2.35. The zero-order valence-electron chi connectivity index (χ0n) is 32.7. The van der Waals surface area contributed by atoms with Gasteiger partial charge in [0.1, 0.15) is 5.75 Å². The topological polar surface area (TPSA) is 125 Å². The van der Waals surface area contributed by atoms with Crippen molar-refractivity contribution < 1.29 is 27.5 Å². The number of aromatic nitrogens is 3. The van der Waals surface area contributed by atoms with E-state index >= 15 is 0 Å². The van der Waals surface area contributed by atoms with Crippen LogP contribution in [-0.4, -0.2) is 77.1 Å². The van der Waals surface area contributed by atoms with E-state index in [1.807, 2.05) is 47.7 Å². The third-order valence-corrected chi connectivity index (χ3v) is 12.8. The van der Waals surface area contributed by atoms with Crippen LogP contribution in [0.5, 0.6) is 5.75 Å². The van der Waals surface area contributed by atoms with E-state index in [9.17, 15) is 18.0 Å². The molecular weight excluding hydrogens is 703 g/mol. The molecule has 2 atom stereocenters. The van der Waals surface area contributed by atoms with Gasteiger partial charge >= 0.3 is 0 Å². The molecule has 2 amide bonds. The minimum atomic E-state index is -3.85. The Morgan fingerprint density at radius 2 is 1.69 bits per heavy atom. The van der Waals surface area contributed by atoms with Crippen LogP contribution in [0.2, 0.25) is 0 Å². The number of amides is 2. The molecule has 2 unspecified atom stereocenters. The van der Waals surface area contributed by atoms with Gasteiger partial charge in [0.2, 0.25) is 10.0 Å². The molecule has 11 nitrogen and oxygen atoms in total. The zero-order valence-corrected chi connectivity index (χ0v) is 33.5. The smallest absolute Gasteiger partial charge is 0.264 e. The van der Waals surface area contributed by atoms with Crippen LogP contribution >= 0.6 is 0 Å². The van der Waals surface area contributed by atoms with E-state index < -0.39 is 26.7 Å². The van der Waals surface area contributed by atoms with Crippen LogP contribution in [0, 0.1) is 0 Å². The number of carbonyl (C=O) groups is 2. The average Bonchev–Trinajstić information content (AvgIpc) is 3.66. The van der Waals surface area contributed by atoms with Crippen molar-refractivity contribution in [1.29, 1.82) is 0 Å². The number of methoxy groups -OCH3 is 1. The van der Waals surface area contributed by atoms with Gasteiger partial charge < -0.3 is 18.9 Å². The SMILES string of the molecule is COc1ccc2c(c1)C=C(c1c(C(=O)N3CC(C)OC(C)C3)cnn1C(C)(C)C)Cn1c-2c(C2CCCCC2)c2ccc(C(=O)NS(=O)(=O)C(C)C)cc21. The summed E-state index contributed by atoms with van der Waals surface area (Å²) in [5.74, 6) is 0.264. The standard InChI is InChI=1S/C42H53N5O6S/c1-25(2)54(50,51)44-40(48)29-14-16-34-36(20-29)46-24-31(18-30-19-32(52-8)15-17-33(30)39(46)37(34)28-12-10-9-11-13-28)38-35(21-43-47(38)42(5,6)7)41(49)45-22-26(3)53-27(4)23-45/h14-21,25-28H,9-13,22-24H2,1-8H3,(H,44,48). The molecule has 2 fully saturated rings. The molecule has 54 heavy (non-hydrogen) atoms. The Kier molecular flexibility index (Phi) is 10.1. The van der Waals surface area contributed by atoms with E-state index in [-0.39, 0.29) is 23.7 Å². The molecule has 0 radical (unpaired) electrons.